The maximum atomic E-state index is 12.4. The molecule has 0 unspecified atom stereocenters. The lowest BCUT2D eigenvalue weighted by molar-refractivity contribution is 0.0951. The molecule has 0 aliphatic carbocycles. The molecule has 2 heterocycles. The number of hydrogen-bond donors (Lipinski definition) is 1. The van der Waals surface area contributed by atoms with Gasteiger partial charge in [-0.1, -0.05) is 0 Å². The first-order valence-electron chi connectivity index (χ1n) is 7.59. The third-order valence-corrected chi connectivity index (χ3v) is 4.11. The number of fused-ring (bicyclic) bond motifs is 1. The monoisotopic (exact) mass is 308 g/mol. The largest absolute Gasteiger partial charge is 0.351 e. The molecule has 23 heavy (non-hydrogen) atoms. The van der Waals surface area contributed by atoms with Gasteiger partial charge in [0, 0.05) is 53.2 Å². The van der Waals surface area contributed by atoms with Crippen LogP contribution in [0.2, 0.25) is 0 Å². The zero-order chi connectivity index (χ0) is 16.6. The highest BCUT2D eigenvalue weighted by Crippen LogP contribution is 2.17. The lowest BCUT2D eigenvalue weighted by Crippen LogP contribution is -2.24. The van der Waals surface area contributed by atoms with Gasteiger partial charge in [-0.2, -0.15) is 0 Å². The Morgan fingerprint density at radius 1 is 1.13 bits per heavy atom. The molecule has 0 radical (unpaired) electrons. The maximum absolute atomic E-state index is 12.4. The van der Waals surface area contributed by atoms with Crippen LogP contribution >= 0.6 is 0 Å². The van der Waals surface area contributed by atoms with E-state index in [4.69, 9.17) is 0 Å². The molecule has 0 fully saturated rings. The highest BCUT2D eigenvalue weighted by Gasteiger charge is 2.11. The van der Waals surface area contributed by atoms with E-state index in [9.17, 15) is 4.79 Å². The number of amides is 1. The average molecular weight is 308 g/mol. The quantitative estimate of drug-likeness (QED) is 0.809. The molecule has 5 nitrogen and oxygen atoms in total. The van der Waals surface area contributed by atoms with Crippen molar-refractivity contribution in [3.63, 3.8) is 0 Å². The van der Waals surface area contributed by atoms with Gasteiger partial charge in [0.2, 0.25) is 0 Å². The van der Waals surface area contributed by atoms with E-state index in [-0.39, 0.29) is 5.91 Å². The van der Waals surface area contributed by atoms with Gasteiger partial charge >= 0.3 is 0 Å². The third kappa shape index (κ3) is 2.95. The summed E-state index contributed by atoms with van der Waals surface area (Å²) < 4.78 is 2.04. The van der Waals surface area contributed by atoms with Crippen LogP contribution in [-0.2, 0) is 13.6 Å². The summed E-state index contributed by atoms with van der Waals surface area (Å²) in [5, 5.41) is 4.02. The molecule has 0 saturated carbocycles. The molecular weight excluding hydrogens is 288 g/mol. The van der Waals surface area contributed by atoms with E-state index in [0.29, 0.717) is 12.1 Å². The minimum atomic E-state index is -0.0878. The molecule has 0 aliphatic heterocycles. The van der Waals surface area contributed by atoms with Crippen LogP contribution < -0.4 is 5.32 Å². The van der Waals surface area contributed by atoms with E-state index in [0.717, 1.165) is 33.7 Å². The zero-order valence-electron chi connectivity index (χ0n) is 13.8. The SMILES string of the molecule is Cc1nc(C)c(CNC(=O)c2ccc3c(ccn3C)c2)c(C)n1. The molecule has 0 bridgehead atoms. The average Bonchev–Trinajstić information content (AvgIpc) is 2.87. The molecule has 1 aromatic carbocycles. The van der Waals surface area contributed by atoms with Gasteiger partial charge in [0.05, 0.1) is 0 Å². The molecule has 0 spiro atoms. The summed E-state index contributed by atoms with van der Waals surface area (Å²) in [5.74, 6) is 0.666. The molecule has 3 rings (SSSR count). The van der Waals surface area contributed by atoms with Crippen LogP contribution in [0.5, 0.6) is 0 Å². The van der Waals surface area contributed by atoms with Crippen molar-refractivity contribution < 1.29 is 4.79 Å². The Bertz CT molecular complexity index is 872. The summed E-state index contributed by atoms with van der Waals surface area (Å²) in [6.45, 7) is 6.19. The highest BCUT2D eigenvalue weighted by molar-refractivity contribution is 5.98. The van der Waals surface area contributed by atoms with Crippen molar-refractivity contribution in [2.75, 3.05) is 0 Å². The van der Waals surface area contributed by atoms with Crippen LogP contribution in [-0.4, -0.2) is 20.4 Å². The fraction of sp³-hybridized carbons (Fsp3) is 0.278. The second kappa shape index (κ2) is 5.83. The Labute approximate surface area is 135 Å². The van der Waals surface area contributed by atoms with Crippen LogP contribution in [0, 0.1) is 20.8 Å². The first-order valence-corrected chi connectivity index (χ1v) is 7.59. The lowest BCUT2D eigenvalue weighted by Gasteiger charge is -2.11. The number of aryl methyl sites for hydroxylation is 4. The second-order valence-corrected chi connectivity index (χ2v) is 5.80. The van der Waals surface area contributed by atoms with Crippen LogP contribution in [0.25, 0.3) is 10.9 Å². The van der Waals surface area contributed by atoms with Gasteiger partial charge in [-0.05, 0) is 45.0 Å². The van der Waals surface area contributed by atoms with Crippen LogP contribution in [0.3, 0.4) is 0 Å². The minimum absolute atomic E-state index is 0.0878. The first-order chi connectivity index (χ1) is 11.0. The predicted octanol–water partition coefficient (Wildman–Crippen LogP) is 2.82. The Morgan fingerprint density at radius 3 is 2.52 bits per heavy atom. The summed E-state index contributed by atoms with van der Waals surface area (Å²) in [7, 11) is 1.99. The molecular formula is C18H20N4O. The van der Waals surface area contributed by atoms with Gasteiger partial charge < -0.3 is 9.88 Å². The number of carbonyl (C=O) groups excluding carboxylic acids is 1. The number of nitrogens with one attached hydrogen (secondary N) is 1. The van der Waals surface area contributed by atoms with Crippen molar-refractivity contribution in [1.29, 1.82) is 0 Å². The smallest absolute Gasteiger partial charge is 0.251 e. The maximum Gasteiger partial charge on any atom is 0.251 e. The summed E-state index contributed by atoms with van der Waals surface area (Å²) in [5.41, 5.74) is 4.57. The van der Waals surface area contributed by atoms with E-state index >= 15 is 0 Å². The number of carbonyl (C=O) groups is 1. The van der Waals surface area contributed by atoms with Crippen LogP contribution in [0.1, 0.15) is 33.1 Å². The minimum Gasteiger partial charge on any atom is -0.351 e. The van der Waals surface area contributed by atoms with Crippen molar-refractivity contribution >= 4 is 16.8 Å². The van der Waals surface area contributed by atoms with Gasteiger partial charge in [-0.15, -0.1) is 0 Å². The van der Waals surface area contributed by atoms with Crippen molar-refractivity contribution in [3.05, 3.63) is 58.8 Å². The Hall–Kier alpha value is -2.69. The molecule has 3 aromatic rings. The molecule has 5 heteroatoms. The molecule has 2 aromatic heterocycles. The number of nitrogens with zero attached hydrogens (tertiary/aromatic N) is 3. The van der Waals surface area contributed by atoms with Crippen molar-refractivity contribution in [2.24, 2.45) is 7.05 Å². The molecule has 0 saturated heterocycles. The summed E-state index contributed by atoms with van der Waals surface area (Å²) in [6, 6.07) is 7.74. The number of rotatable bonds is 3. The number of aromatic nitrogens is 3. The number of hydrogen-bond acceptors (Lipinski definition) is 3. The summed E-state index contributed by atoms with van der Waals surface area (Å²) in [4.78, 5) is 21.1. The first kappa shape index (κ1) is 15.2. The van der Waals surface area contributed by atoms with E-state index in [1.54, 1.807) is 0 Å². The second-order valence-electron chi connectivity index (χ2n) is 5.80. The number of benzene rings is 1. The predicted molar refractivity (Wildman–Crippen MR) is 90.3 cm³/mol. The van der Waals surface area contributed by atoms with Gasteiger partial charge in [0.15, 0.2) is 0 Å². The molecule has 0 atom stereocenters. The van der Waals surface area contributed by atoms with Crippen molar-refractivity contribution in [1.82, 2.24) is 19.9 Å². The Kier molecular flexibility index (Phi) is 3.86. The van der Waals surface area contributed by atoms with E-state index < -0.39 is 0 Å². The van der Waals surface area contributed by atoms with E-state index in [2.05, 4.69) is 15.3 Å². The van der Waals surface area contributed by atoms with Gasteiger partial charge in [0.25, 0.3) is 5.91 Å². The molecule has 1 amide bonds. The fourth-order valence-electron chi connectivity index (χ4n) is 2.86. The topological polar surface area (TPSA) is 59.8 Å². The summed E-state index contributed by atoms with van der Waals surface area (Å²) in [6.07, 6.45) is 1.99. The van der Waals surface area contributed by atoms with Crippen molar-refractivity contribution in [3.8, 4) is 0 Å². The lowest BCUT2D eigenvalue weighted by atomic mass is 10.1. The van der Waals surface area contributed by atoms with E-state index in [1.807, 2.05) is 62.8 Å². The van der Waals surface area contributed by atoms with E-state index in [1.165, 1.54) is 0 Å². The molecule has 0 aliphatic rings. The summed E-state index contributed by atoms with van der Waals surface area (Å²) >= 11 is 0. The van der Waals surface area contributed by atoms with Gasteiger partial charge in [-0.25, -0.2) is 9.97 Å². The Balaban J connectivity index is 1.78. The Morgan fingerprint density at radius 2 is 1.83 bits per heavy atom. The fourth-order valence-corrected chi connectivity index (χ4v) is 2.86. The normalized spacial score (nSPS) is 11.0. The van der Waals surface area contributed by atoms with Crippen LogP contribution in [0.15, 0.2) is 30.5 Å². The molecule has 1 N–H and O–H groups in total. The standard InChI is InChI=1S/C18H20N4O/c1-11-16(12(2)21-13(3)20-11)10-19-18(23)15-5-6-17-14(9-15)7-8-22(17)4/h5-9H,10H2,1-4H3,(H,19,23). The zero-order valence-corrected chi connectivity index (χ0v) is 13.8. The highest BCUT2D eigenvalue weighted by atomic mass is 16.1. The molecule has 118 valence electrons. The third-order valence-electron chi connectivity index (χ3n) is 4.11. The van der Waals surface area contributed by atoms with Gasteiger partial charge in [0.1, 0.15) is 5.82 Å². The van der Waals surface area contributed by atoms with Crippen molar-refractivity contribution in [2.45, 2.75) is 27.3 Å². The van der Waals surface area contributed by atoms with Gasteiger partial charge in [-0.3, -0.25) is 4.79 Å². The van der Waals surface area contributed by atoms with Crippen LogP contribution in [0.4, 0.5) is 0 Å².